The summed E-state index contributed by atoms with van der Waals surface area (Å²) in [5, 5.41) is 3.67. The van der Waals surface area contributed by atoms with E-state index in [1.165, 1.54) is 5.56 Å². The standard InChI is InChI=1S/C42H48N2/c1-40(2,3)32-23-29(28-16-11-10-12-17-28)22-30(24-32)35-18-15-19-36(39(35)44-38-21-14-13-20-37(38)43)31-25-33(41(4,5)6)27-34(26-31)42(7,8)9/h10-27,44H,43H2,1-9H3/i25D,26D,27D. The Hall–Kier alpha value is -4.30. The third-order valence-corrected chi connectivity index (χ3v) is 8.02. The molecule has 0 radical (unpaired) electrons. The van der Waals surface area contributed by atoms with Crippen molar-refractivity contribution in [3.63, 3.8) is 0 Å². The molecule has 0 saturated heterocycles. The highest BCUT2D eigenvalue weighted by molar-refractivity contribution is 5.95. The van der Waals surface area contributed by atoms with Gasteiger partial charge in [-0.1, -0.05) is 153 Å². The topological polar surface area (TPSA) is 38.0 Å². The SMILES string of the molecule is [2H]c1c(-c2cccc(-c3cc(-c4ccccc4)cc(C(C)(C)C)c3)c2Nc2ccccc2N)c([2H])c(C(C)(C)C)c([2H])c1C(C)(C)C. The van der Waals surface area contributed by atoms with Gasteiger partial charge in [-0.05, 0) is 73.4 Å². The average molecular weight is 584 g/mol. The van der Waals surface area contributed by atoms with Gasteiger partial charge in [0.1, 0.15) is 0 Å². The molecule has 0 bridgehead atoms. The zero-order valence-electron chi connectivity index (χ0n) is 30.7. The fourth-order valence-electron chi connectivity index (χ4n) is 5.25. The largest absolute Gasteiger partial charge is 0.397 e. The first-order valence-corrected chi connectivity index (χ1v) is 15.5. The van der Waals surface area contributed by atoms with E-state index in [1.54, 1.807) is 0 Å². The zero-order chi connectivity index (χ0) is 34.5. The first-order chi connectivity index (χ1) is 21.9. The van der Waals surface area contributed by atoms with Crippen LogP contribution in [-0.2, 0) is 16.2 Å². The van der Waals surface area contributed by atoms with E-state index < -0.39 is 10.8 Å². The summed E-state index contributed by atoms with van der Waals surface area (Å²) in [6.45, 7) is 18.9. The van der Waals surface area contributed by atoms with Gasteiger partial charge in [0.25, 0.3) is 0 Å². The van der Waals surface area contributed by atoms with Gasteiger partial charge in [0.2, 0.25) is 0 Å². The highest BCUT2D eigenvalue weighted by atomic mass is 14.9. The highest BCUT2D eigenvalue weighted by Gasteiger charge is 2.23. The van der Waals surface area contributed by atoms with E-state index in [1.807, 2.05) is 84.0 Å². The lowest BCUT2D eigenvalue weighted by Crippen LogP contribution is -2.16. The van der Waals surface area contributed by atoms with Crippen molar-refractivity contribution in [1.29, 1.82) is 0 Å². The first kappa shape index (κ1) is 27.3. The maximum Gasteiger partial charge on any atom is 0.0632 e. The first-order valence-electron chi connectivity index (χ1n) is 17.0. The number of hydrogen-bond acceptors (Lipinski definition) is 2. The van der Waals surface area contributed by atoms with E-state index in [0.717, 1.165) is 39.2 Å². The van der Waals surface area contributed by atoms with Crippen LogP contribution in [0.3, 0.4) is 0 Å². The fourth-order valence-corrected chi connectivity index (χ4v) is 5.25. The lowest BCUT2D eigenvalue weighted by Gasteiger charge is -2.27. The lowest BCUT2D eigenvalue weighted by molar-refractivity contribution is 0.569. The molecule has 0 aliphatic rings. The van der Waals surface area contributed by atoms with Crippen LogP contribution in [0.4, 0.5) is 17.1 Å². The molecule has 0 heterocycles. The average Bonchev–Trinajstić information content (AvgIpc) is 2.97. The number of nitrogens with one attached hydrogen (secondary N) is 1. The van der Waals surface area contributed by atoms with Gasteiger partial charge < -0.3 is 11.1 Å². The molecule has 5 rings (SSSR count). The highest BCUT2D eigenvalue weighted by Crippen LogP contribution is 2.44. The lowest BCUT2D eigenvalue weighted by atomic mass is 9.78. The van der Waals surface area contributed by atoms with Crippen LogP contribution in [0.2, 0.25) is 0 Å². The number of para-hydroxylation sites is 3. The van der Waals surface area contributed by atoms with Crippen molar-refractivity contribution in [3.05, 3.63) is 126 Å². The molecule has 44 heavy (non-hydrogen) atoms. The van der Waals surface area contributed by atoms with Crippen molar-refractivity contribution in [1.82, 2.24) is 0 Å². The van der Waals surface area contributed by atoms with E-state index in [-0.39, 0.29) is 23.5 Å². The third-order valence-electron chi connectivity index (χ3n) is 8.02. The van der Waals surface area contributed by atoms with E-state index in [0.29, 0.717) is 22.4 Å². The van der Waals surface area contributed by atoms with Gasteiger partial charge in [-0.15, -0.1) is 0 Å². The molecule has 0 amide bonds. The van der Waals surface area contributed by atoms with Crippen molar-refractivity contribution in [2.24, 2.45) is 0 Å². The minimum atomic E-state index is -0.475. The van der Waals surface area contributed by atoms with Gasteiger partial charge in [-0.3, -0.25) is 0 Å². The van der Waals surface area contributed by atoms with Gasteiger partial charge >= 0.3 is 0 Å². The van der Waals surface area contributed by atoms with Crippen LogP contribution in [0.15, 0.2) is 109 Å². The van der Waals surface area contributed by atoms with E-state index >= 15 is 0 Å². The van der Waals surface area contributed by atoms with Crippen LogP contribution in [0, 0.1) is 0 Å². The molecule has 2 nitrogen and oxygen atoms in total. The van der Waals surface area contributed by atoms with Crippen LogP contribution >= 0.6 is 0 Å². The Kier molecular flexibility index (Phi) is 7.22. The fraction of sp³-hybridized carbons (Fsp3) is 0.286. The number of nitrogen functional groups attached to an aromatic ring is 1. The predicted molar refractivity (Wildman–Crippen MR) is 193 cm³/mol. The summed E-state index contributed by atoms with van der Waals surface area (Å²) in [6.07, 6.45) is 0. The summed E-state index contributed by atoms with van der Waals surface area (Å²) >= 11 is 0. The summed E-state index contributed by atoms with van der Waals surface area (Å²) in [5.74, 6) is 0. The molecule has 5 aromatic rings. The molecule has 0 atom stereocenters. The van der Waals surface area contributed by atoms with Crippen LogP contribution in [0.25, 0.3) is 33.4 Å². The molecule has 2 heteroatoms. The molecule has 3 N–H and O–H groups in total. The molecule has 0 aromatic heterocycles. The van der Waals surface area contributed by atoms with E-state index in [9.17, 15) is 4.11 Å². The Morgan fingerprint density at radius 3 is 1.59 bits per heavy atom. The van der Waals surface area contributed by atoms with Crippen molar-refractivity contribution < 1.29 is 4.11 Å². The number of nitrogens with two attached hydrogens (primary N) is 1. The van der Waals surface area contributed by atoms with Crippen LogP contribution in [0.5, 0.6) is 0 Å². The number of hydrogen-bond donors (Lipinski definition) is 2. The van der Waals surface area contributed by atoms with Crippen molar-refractivity contribution >= 4 is 17.1 Å². The molecular weight excluding hydrogens is 532 g/mol. The van der Waals surface area contributed by atoms with Crippen LogP contribution in [0.1, 0.15) is 83.1 Å². The van der Waals surface area contributed by atoms with Gasteiger partial charge in [-0.25, -0.2) is 0 Å². The van der Waals surface area contributed by atoms with E-state index in [2.05, 4.69) is 74.6 Å². The van der Waals surface area contributed by atoms with Gasteiger partial charge in [-0.2, -0.15) is 0 Å². The Labute approximate surface area is 269 Å². The molecular formula is C42H48N2. The molecule has 0 aliphatic carbocycles. The van der Waals surface area contributed by atoms with Crippen molar-refractivity contribution in [2.45, 2.75) is 78.6 Å². The maximum atomic E-state index is 9.59. The number of anilines is 3. The molecule has 0 fully saturated rings. The minimum absolute atomic E-state index is 0.107. The third kappa shape index (κ3) is 6.76. The Balaban J connectivity index is 1.92. The number of rotatable bonds is 5. The summed E-state index contributed by atoms with van der Waals surface area (Å²) < 4.78 is 28.4. The monoisotopic (exact) mass is 583 g/mol. The number of benzene rings is 5. The molecule has 0 spiro atoms. The second-order valence-corrected chi connectivity index (χ2v) is 14.9. The van der Waals surface area contributed by atoms with E-state index in [4.69, 9.17) is 5.73 Å². The van der Waals surface area contributed by atoms with Crippen LogP contribution in [-0.4, -0.2) is 0 Å². The molecule has 0 aliphatic heterocycles. The zero-order valence-corrected chi connectivity index (χ0v) is 27.7. The Bertz CT molecular complexity index is 1900. The summed E-state index contributed by atoms with van der Waals surface area (Å²) in [6, 6.07) is 31.7. The maximum absolute atomic E-state index is 9.59. The molecule has 0 saturated carbocycles. The van der Waals surface area contributed by atoms with Gasteiger partial charge in [0.05, 0.1) is 21.2 Å². The summed E-state index contributed by atoms with van der Waals surface area (Å²) in [4.78, 5) is 0. The van der Waals surface area contributed by atoms with Crippen molar-refractivity contribution in [2.75, 3.05) is 11.1 Å². The second kappa shape index (κ2) is 11.7. The summed E-state index contributed by atoms with van der Waals surface area (Å²) in [7, 11) is 0. The quantitative estimate of drug-likeness (QED) is 0.202. The Morgan fingerprint density at radius 2 is 1.02 bits per heavy atom. The predicted octanol–water partition coefficient (Wildman–Crippen LogP) is 11.9. The minimum Gasteiger partial charge on any atom is -0.397 e. The molecule has 226 valence electrons. The summed E-state index contributed by atoms with van der Waals surface area (Å²) in [5.41, 5.74) is 15.5. The second-order valence-electron chi connectivity index (χ2n) is 14.9. The Morgan fingerprint density at radius 1 is 0.500 bits per heavy atom. The van der Waals surface area contributed by atoms with Crippen molar-refractivity contribution in [3.8, 4) is 33.4 Å². The normalized spacial score (nSPS) is 13.2. The smallest absolute Gasteiger partial charge is 0.0632 e. The van der Waals surface area contributed by atoms with Crippen LogP contribution < -0.4 is 11.1 Å². The molecule has 0 unspecified atom stereocenters. The van der Waals surface area contributed by atoms with Gasteiger partial charge in [0, 0.05) is 11.1 Å². The molecule has 5 aromatic carbocycles. The van der Waals surface area contributed by atoms with Gasteiger partial charge in [0.15, 0.2) is 0 Å².